The molecular weight excluding hydrogens is 368 g/mol. The average molecular weight is 397 g/mol. The molecule has 0 aliphatic carbocycles. The van der Waals surface area contributed by atoms with Gasteiger partial charge in [0.25, 0.3) is 5.91 Å². The fourth-order valence-electron chi connectivity index (χ4n) is 3.60. The van der Waals surface area contributed by atoms with Gasteiger partial charge in [0.2, 0.25) is 0 Å². The SMILES string of the molecule is CCCCN1CCC(CNC(=O)c2cc(Cl)cc3c2OCCCO3)C(O)C1. The average Bonchev–Trinajstić information content (AvgIpc) is 2.90. The van der Waals surface area contributed by atoms with Crippen LogP contribution in [0.2, 0.25) is 5.02 Å². The molecule has 2 N–H and O–H groups in total. The molecule has 27 heavy (non-hydrogen) atoms. The predicted octanol–water partition coefficient (Wildman–Crippen LogP) is 2.71. The fraction of sp³-hybridized carbons (Fsp3) is 0.650. The number of aliphatic hydroxyl groups excluding tert-OH is 1. The van der Waals surface area contributed by atoms with Gasteiger partial charge in [-0.1, -0.05) is 24.9 Å². The number of hydrogen-bond acceptors (Lipinski definition) is 5. The Kier molecular flexibility index (Phi) is 7.21. The van der Waals surface area contributed by atoms with Crippen molar-refractivity contribution in [2.24, 2.45) is 5.92 Å². The van der Waals surface area contributed by atoms with Crippen LogP contribution in [0.3, 0.4) is 0 Å². The summed E-state index contributed by atoms with van der Waals surface area (Å²) in [7, 11) is 0. The van der Waals surface area contributed by atoms with Crippen molar-refractivity contribution >= 4 is 17.5 Å². The maximum absolute atomic E-state index is 12.7. The zero-order valence-corrected chi connectivity index (χ0v) is 16.6. The highest BCUT2D eigenvalue weighted by Gasteiger charge is 2.28. The number of piperidine rings is 1. The molecule has 7 heteroatoms. The summed E-state index contributed by atoms with van der Waals surface area (Å²) in [5.74, 6) is 0.764. The van der Waals surface area contributed by atoms with Crippen LogP contribution in [-0.2, 0) is 0 Å². The van der Waals surface area contributed by atoms with Crippen molar-refractivity contribution in [1.82, 2.24) is 10.2 Å². The van der Waals surface area contributed by atoms with Crippen LogP contribution >= 0.6 is 11.6 Å². The quantitative estimate of drug-likeness (QED) is 0.773. The minimum Gasteiger partial charge on any atom is -0.489 e. The van der Waals surface area contributed by atoms with E-state index in [2.05, 4.69) is 17.1 Å². The second-order valence-electron chi connectivity index (χ2n) is 7.31. The molecule has 3 rings (SSSR count). The van der Waals surface area contributed by atoms with Gasteiger partial charge in [-0.3, -0.25) is 4.79 Å². The standard InChI is InChI=1S/C20H29ClN2O4/c1-2-3-6-23-7-5-14(17(24)13-23)12-22-20(25)16-10-15(21)11-18-19(16)27-9-4-8-26-18/h10-11,14,17,24H,2-9,12-13H2,1H3,(H,22,25). The Balaban J connectivity index is 1.59. The Labute approximate surface area is 165 Å². The molecular formula is C20H29ClN2O4. The van der Waals surface area contributed by atoms with E-state index in [0.29, 0.717) is 48.4 Å². The number of carbonyl (C=O) groups excluding carboxylic acids is 1. The summed E-state index contributed by atoms with van der Waals surface area (Å²) in [4.78, 5) is 15.0. The van der Waals surface area contributed by atoms with Gasteiger partial charge in [-0.05, 0) is 32.0 Å². The van der Waals surface area contributed by atoms with Gasteiger partial charge in [0, 0.05) is 36.5 Å². The molecule has 150 valence electrons. The van der Waals surface area contributed by atoms with Crippen LogP contribution in [0.5, 0.6) is 11.5 Å². The third-order valence-corrected chi connectivity index (χ3v) is 5.43. The molecule has 2 heterocycles. The van der Waals surface area contributed by atoms with Crippen LogP contribution in [0.25, 0.3) is 0 Å². The first-order valence-corrected chi connectivity index (χ1v) is 10.2. The summed E-state index contributed by atoms with van der Waals surface area (Å²) in [6, 6.07) is 3.28. The Bertz CT molecular complexity index is 655. The van der Waals surface area contributed by atoms with Gasteiger partial charge in [-0.2, -0.15) is 0 Å². The van der Waals surface area contributed by atoms with E-state index >= 15 is 0 Å². The summed E-state index contributed by atoms with van der Waals surface area (Å²) >= 11 is 6.15. The van der Waals surface area contributed by atoms with E-state index < -0.39 is 6.10 Å². The third kappa shape index (κ3) is 5.27. The van der Waals surface area contributed by atoms with Gasteiger partial charge in [-0.15, -0.1) is 0 Å². The summed E-state index contributed by atoms with van der Waals surface area (Å²) in [5.41, 5.74) is 0.384. The van der Waals surface area contributed by atoms with Crippen LogP contribution in [0.1, 0.15) is 43.0 Å². The van der Waals surface area contributed by atoms with Gasteiger partial charge in [0.05, 0.1) is 24.9 Å². The zero-order valence-electron chi connectivity index (χ0n) is 15.9. The molecule has 1 saturated heterocycles. The number of hydrogen-bond donors (Lipinski definition) is 2. The molecule has 2 unspecified atom stereocenters. The molecule has 0 aromatic heterocycles. The number of rotatable bonds is 6. The highest BCUT2D eigenvalue weighted by Crippen LogP contribution is 2.36. The Hall–Kier alpha value is -1.50. The molecule has 0 spiro atoms. The van der Waals surface area contributed by atoms with E-state index in [1.165, 1.54) is 0 Å². The first kappa shape index (κ1) is 20.2. The molecule has 2 aliphatic heterocycles. The van der Waals surface area contributed by atoms with Crippen LogP contribution in [0.15, 0.2) is 12.1 Å². The molecule has 0 saturated carbocycles. The lowest BCUT2D eigenvalue weighted by Crippen LogP contribution is -2.47. The molecule has 0 radical (unpaired) electrons. The number of nitrogens with zero attached hydrogens (tertiary/aromatic N) is 1. The number of unbranched alkanes of at least 4 members (excludes halogenated alkanes) is 1. The Morgan fingerprint density at radius 1 is 1.37 bits per heavy atom. The number of carbonyl (C=O) groups is 1. The maximum atomic E-state index is 12.7. The first-order chi connectivity index (χ1) is 13.1. The van der Waals surface area contributed by atoms with E-state index in [9.17, 15) is 9.90 Å². The molecule has 1 amide bonds. The summed E-state index contributed by atoms with van der Waals surface area (Å²) in [6.45, 7) is 6.30. The number of fused-ring (bicyclic) bond motifs is 1. The number of halogens is 1. The van der Waals surface area contributed by atoms with Crippen molar-refractivity contribution < 1.29 is 19.4 Å². The summed E-state index contributed by atoms with van der Waals surface area (Å²) < 4.78 is 11.4. The minimum absolute atomic E-state index is 0.0572. The highest BCUT2D eigenvalue weighted by molar-refractivity contribution is 6.31. The summed E-state index contributed by atoms with van der Waals surface area (Å²) in [5, 5.41) is 13.8. The molecule has 2 atom stereocenters. The number of benzene rings is 1. The van der Waals surface area contributed by atoms with Gasteiger partial charge in [0.1, 0.15) is 0 Å². The van der Waals surface area contributed by atoms with Gasteiger partial charge in [0.15, 0.2) is 11.5 Å². The third-order valence-electron chi connectivity index (χ3n) is 5.22. The fourth-order valence-corrected chi connectivity index (χ4v) is 3.80. The molecule has 6 nitrogen and oxygen atoms in total. The number of aliphatic hydroxyl groups is 1. The van der Waals surface area contributed by atoms with E-state index in [1.54, 1.807) is 12.1 Å². The minimum atomic E-state index is -0.424. The van der Waals surface area contributed by atoms with Crippen molar-refractivity contribution in [2.75, 3.05) is 39.4 Å². The van der Waals surface area contributed by atoms with E-state index in [4.69, 9.17) is 21.1 Å². The number of nitrogens with one attached hydrogen (secondary N) is 1. The molecule has 0 bridgehead atoms. The summed E-state index contributed by atoms with van der Waals surface area (Å²) in [6.07, 6.45) is 3.51. The van der Waals surface area contributed by atoms with Crippen LogP contribution in [0, 0.1) is 5.92 Å². The van der Waals surface area contributed by atoms with Crippen LogP contribution < -0.4 is 14.8 Å². The lowest BCUT2D eigenvalue weighted by atomic mass is 9.93. The van der Waals surface area contributed by atoms with Crippen molar-refractivity contribution in [2.45, 2.75) is 38.7 Å². The van der Waals surface area contributed by atoms with Crippen molar-refractivity contribution in [3.05, 3.63) is 22.7 Å². The predicted molar refractivity (Wildman–Crippen MR) is 105 cm³/mol. The molecule has 1 fully saturated rings. The Morgan fingerprint density at radius 2 is 2.19 bits per heavy atom. The first-order valence-electron chi connectivity index (χ1n) is 9.86. The van der Waals surface area contributed by atoms with Crippen molar-refractivity contribution in [3.63, 3.8) is 0 Å². The normalized spacial score (nSPS) is 22.9. The second kappa shape index (κ2) is 9.62. The Morgan fingerprint density at radius 3 is 2.96 bits per heavy atom. The lowest BCUT2D eigenvalue weighted by molar-refractivity contribution is 0.0217. The number of likely N-dealkylation sites (tertiary alicyclic amines) is 1. The molecule has 1 aromatic rings. The smallest absolute Gasteiger partial charge is 0.255 e. The van der Waals surface area contributed by atoms with Gasteiger partial charge in [-0.25, -0.2) is 0 Å². The zero-order chi connectivity index (χ0) is 19.2. The topological polar surface area (TPSA) is 71.0 Å². The van der Waals surface area contributed by atoms with Gasteiger partial charge >= 0.3 is 0 Å². The number of ether oxygens (including phenoxy) is 2. The monoisotopic (exact) mass is 396 g/mol. The lowest BCUT2D eigenvalue weighted by Gasteiger charge is -2.36. The largest absolute Gasteiger partial charge is 0.489 e. The highest BCUT2D eigenvalue weighted by atomic mass is 35.5. The maximum Gasteiger partial charge on any atom is 0.255 e. The van der Waals surface area contributed by atoms with E-state index in [0.717, 1.165) is 38.8 Å². The van der Waals surface area contributed by atoms with E-state index in [1.807, 2.05) is 0 Å². The number of β-amino-alcohol motifs (C(OH)–C–C–N with tert-alkyl or cyclic N) is 1. The van der Waals surface area contributed by atoms with Crippen LogP contribution in [0.4, 0.5) is 0 Å². The molecule has 1 aromatic carbocycles. The van der Waals surface area contributed by atoms with E-state index in [-0.39, 0.29) is 11.8 Å². The van der Waals surface area contributed by atoms with Crippen molar-refractivity contribution in [3.8, 4) is 11.5 Å². The van der Waals surface area contributed by atoms with Crippen LogP contribution in [-0.4, -0.2) is 61.4 Å². The van der Waals surface area contributed by atoms with Crippen molar-refractivity contribution in [1.29, 1.82) is 0 Å². The van der Waals surface area contributed by atoms with Gasteiger partial charge < -0.3 is 24.8 Å². The second-order valence-corrected chi connectivity index (χ2v) is 7.75. The number of amides is 1. The molecule has 2 aliphatic rings.